The number of ether oxygens (including phenoxy) is 1. The minimum Gasteiger partial charge on any atom is -0.464 e. The number of aromatic nitrogens is 3. The zero-order valence-electron chi connectivity index (χ0n) is 13.7. The van der Waals surface area contributed by atoms with Crippen LogP contribution in [-0.2, 0) is 15.1 Å². The van der Waals surface area contributed by atoms with Gasteiger partial charge in [0.05, 0.1) is 6.61 Å². The normalized spacial score (nSPS) is 11.8. The number of aryl methyl sites for hydroxylation is 1. The predicted molar refractivity (Wildman–Crippen MR) is 85.9 cm³/mol. The van der Waals surface area contributed by atoms with Gasteiger partial charge in [0, 0.05) is 17.8 Å². The summed E-state index contributed by atoms with van der Waals surface area (Å²) in [4.78, 5) is 12.5. The molecular formula is C17H19N3O3. The van der Waals surface area contributed by atoms with Gasteiger partial charge in [0.1, 0.15) is 11.2 Å². The van der Waals surface area contributed by atoms with Gasteiger partial charge in [-0.15, -0.1) is 10.2 Å². The molecule has 0 spiro atoms. The van der Waals surface area contributed by atoms with Crippen molar-refractivity contribution in [1.82, 2.24) is 14.8 Å². The molecule has 0 N–H and O–H groups in total. The molecule has 2 aromatic heterocycles. The Bertz CT molecular complexity index is 861. The van der Waals surface area contributed by atoms with Gasteiger partial charge in [-0.2, -0.15) is 0 Å². The molecule has 0 amide bonds. The number of hydrogen-bond acceptors (Lipinski definition) is 5. The van der Waals surface area contributed by atoms with Crippen LogP contribution in [0.1, 0.15) is 26.7 Å². The molecule has 2 heterocycles. The number of benzene rings is 1. The predicted octanol–water partition coefficient (Wildman–Crippen LogP) is 3.30. The van der Waals surface area contributed by atoms with E-state index < -0.39 is 5.54 Å². The Hall–Kier alpha value is -2.63. The second kappa shape index (κ2) is 5.53. The van der Waals surface area contributed by atoms with E-state index in [1.165, 1.54) is 0 Å². The number of hydrogen-bond donors (Lipinski definition) is 0. The molecule has 3 aromatic rings. The summed E-state index contributed by atoms with van der Waals surface area (Å²) in [5.74, 6) is 0.556. The Morgan fingerprint density at radius 3 is 2.70 bits per heavy atom. The van der Waals surface area contributed by atoms with Crippen molar-refractivity contribution in [1.29, 1.82) is 0 Å². The van der Waals surface area contributed by atoms with Crippen molar-refractivity contribution in [3.63, 3.8) is 0 Å². The number of carbonyl (C=O) groups is 1. The van der Waals surface area contributed by atoms with E-state index in [0.717, 1.165) is 10.9 Å². The van der Waals surface area contributed by atoms with E-state index in [-0.39, 0.29) is 5.97 Å². The SMILES string of the molecule is CCOC(=O)C(C)(C)n1c(-c2nnc(C)o2)cc2ccccc21. The maximum Gasteiger partial charge on any atom is 0.331 e. The summed E-state index contributed by atoms with van der Waals surface area (Å²) in [6.07, 6.45) is 0. The third-order valence-corrected chi connectivity index (χ3v) is 3.79. The van der Waals surface area contributed by atoms with Gasteiger partial charge in [0.2, 0.25) is 5.89 Å². The number of carbonyl (C=O) groups excluding carboxylic acids is 1. The lowest BCUT2D eigenvalue weighted by Gasteiger charge is -2.27. The van der Waals surface area contributed by atoms with E-state index in [9.17, 15) is 4.79 Å². The first kappa shape index (κ1) is 15.3. The van der Waals surface area contributed by atoms with Crippen molar-refractivity contribution in [2.45, 2.75) is 33.2 Å². The van der Waals surface area contributed by atoms with Crippen LogP contribution >= 0.6 is 0 Å². The van der Waals surface area contributed by atoms with Crippen molar-refractivity contribution < 1.29 is 13.9 Å². The molecule has 0 atom stereocenters. The Morgan fingerprint density at radius 2 is 2.04 bits per heavy atom. The van der Waals surface area contributed by atoms with E-state index in [4.69, 9.17) is 9.15 Å². The summed E-state index contributed by atoms with van der Waals surface area (Å²) in [5, 5.41) is 8.99. The lowest BCUT2D eigenvalue weighted by Crippen LogP contribution is -2.37. The minimum atomic E-state index is -0.906. The molecule has 0 bridgehead atoms. The van der Waals surface area contributed by atoms with Crippen LogP contribution in [0.4, 0.5) is 0 Å². The number of para-hydroxylation sites is 1. The fraction of sp³-hybridized carbons (Fsp3) is 0.353. The Labute approximate surface area is 134 Å². The fourth-order valence-corrected chi connectivity index (χ4v) is 2.71. The van der Waals surface area contributed by atoms with Crippen LogP contribution in [0.3, 0.4) is 0 Å². The van der Waals surface area contributed by atoms with Crippen LogP contribution in [0.2, 0.25) is 0 Å². The fourth-order valence-electron chi connectivity index (χ4n) is 2.71. The quantitative estimate of drug-likeness (QED) is 0.691. The Morgan fingerprint density at radius 1 is 1.30 bits per heavy atom. The number of rotatable bonds is 4. The number of fused-ring (bicyclic) bond motifs is 1. The second-order valence-electron chi connectivity index (χ2n) is 5.83. The summed E-state index contributed by atoms with van der Waals surface area (Å²) >= 11 is 0. The highest BCUT2D eigenvalue weighted by molar-refractivity contribution is 5.89. The maximum absolute atomic E-state index is 12.5. The zero-order valence-corrected chi connectivity index (χ0v) is 13.7. The summed E-state index contributed by atoms with van der Waals surface area (Å²) in [6, 6.07) is 9.78. The van der Waals surface area contributed by atoms with Crippen LogP contribution in [0.25, 0.3) is 22.5 Å². The second-order valence-corrected chi connectivity index (χ2v) is 5.83. The molecule has 0 fully saturated rings. The molecular weight excluding hydrogens is 294 g/mol. The molecule has 0 aliphatic heterocycles. The van der Waals surface area contributed by atoms with E-state index in [1.54, 1.807) is 13.8 Å². The molecule has 0 saturated carbocycles. The molecule has 6 nitrogen and oxygen atoms in total. The summed E-state index contributed by atoms with van der Waals surface area (Å²) < 4.78 is 12.7. The molecule has 0 aliphatic carbocycles. The highest BCUT2D eigenvalue weighted by Crippen LogP contribution is 2.34. The van der Waals surface area contributed by atoms with Gasteiger partial charge in [-0.3, -0.25) is 0 Å². The summed E-state index contributed by atoms with van der Waals surface area (Å²) in [6.45, 7) is 7.51. The molecule has 0 saturated heterocycles. The van der Waals surface area contributed by atoms with Gasteiger partial charge in [-0.25, -0.2) is 4.79 Å². The topological polar surface area (TPSA) is 70.2 Å². The van der Waals surface area contributed by atoms with Crippen molar-refractivity contribution in [3.05, 3.63) is 36.2 Å². The zero-order chi connectivity index (χ0) is 16.6. The van der Waals surface area contributed by atoms with Crippen LogP contribution < -0.4 is 0 Å². The molecule has 0 unspecified atom stereocenters. The summed E-state index contributed by atoms with van der Waals surface area (Å²) in [7, 11) is 0. The Balaban J connectivity index is 2.27. The van der Waals surface area contributed by atoms with E-state index in [1.807, 2.05) is 48.7 Å². The monoisotopic (exact) mass is 313 g/mol. The van der Waals surface area contributed by atoms with E-state index in [2.05, 4.69) is 10.2 Å². The van der Waals surface area contributed by atoms with Crippen LogP contribution in [0.15, 0.2) is 34.7 Å². The van der Waals surface area contributed by atoms with Crippen molar-refractivity contribution in [2.24, 2.45) is 0 Å². The molecule has 0 radical (unpaired) electrons. The van der Waals surface area contributed by atoms with Crippen LogP contribution in [-0.4, -0.2) is 27.3 Å². The average Bonchev–Trinajstić information content (AvgIpc) is 3.10. The van der Waals surface area contributed by atoms with Gasteiger partial charge in [0.25, 0.3) is 5.89 Å². The average molecular weight is 313 g/mol. The van der Waals surface area contributed by atoms with Gasteiger partial charge in [0.15, 0.2) is 0 Å². The minimum absolute atomic E-state index is 0.307. The number of nitrogens with zero attached hydrogens (tertiary/aromatic N) is 3. The van der Waals surface area contributed by atoms with Gasteiger partial charge < -0.3 is 13.7 Å². The molecule has 3 rings (SSSR count). The highest BCUT2D eigenvalue weighted by atomic mass is 16.5. The first-order valence-electron chi connectivity index (χ1n) is 7.54. The molecule has 120 valence electrons. The third-order valence-electron chi connectivity index (χ3n) is 3.79. The standard InChI is InChI=1S/C17H19N3O3/c1-5-22-16(21)17(3,4)20-13-9-7-6-8-12(13)10-14(20)15-19-18-11(2)23-15/h6-10H,5H2,1-4H3. The maximum atomic E-state index is 12.5. The summed E-state index contributed by atoms with van der Waals surface area (Å²) in [5.41, 5.74) is 0.706. The van der Waals surface area contributed by atoms with Gasteiger partial charge in [-0.1, -0.05) is 18.2 Å². The van der Waals surface area contributed by atoms with E-state index in [0.29, 0.717) is 24.1 Å². The molecule has 1 aromatic carbocycles. The first-order valence-corrected chi connectivity index (χ1v) is 7.54. The highest BCUT2D eigenvalue weighted by Gasteiger charge is 2.35. The van der Waals surface area contributed by atoms with E-state index >= 15 is 0 Å². The largest absolute Gasteiger partial charge is 0.464 e. The van der Waals surface area contributed by atoms with Crippen molar-refractivity contribution >= 4 is 16.9 Å². The Kier molecular flexibility index (Phi) is 3.67. The third kappa shape index (κ3) is 2.50. The van der Waals surface area contributed by atoms with Crippen LogP contribution in [0, 0.1) is 6.92 Å². The van der Waals surface area contributed by atoms with Gasteiger partial charge >= 0.3 is 5.97 Å². The van der Waals surface area contributed by atoms with Crippen molar-refractivity contribution in [2.75, 3.05) is 6.61 Å². The molecule has 23 heavy (non-hydrogen) atoms. The van der Waals surface area contributed by atoms with Crippen LogP contribution in [0.5, 0.6) is 0 Å². The first-order chi connectivity index (χ1) is 10.9. The lowest BCUT2D eigenvalue weighted by molar-refractivity contribution is -0.151. The molecule has 0 aliphatic rings. The molecule has 6 heteroatoms. The van der Waals surface area contributed by atoms with Crippen molar-refractivity contribution in [3.8, 4) is 11.6 Å². The van der Waals surface area contributed by atoms with Gasteiger partial charge in [-0.05, 0) is 32.9 Å². The number of esters is 1. The smallest absolute Gasteiger partial charge is 0.331 e. The lowest BCUT2D eigenvalue weighted by atomic mass is 10.0.